The number of rotatable bonds is 3. The number of piperidine rings is 2. The third-order valence-corrected chi connectivity index (χ3v) is 5.80. The van der Waals surface area contributed by atoms with Gasteiger partial charge in [0, 0.05) is 50.4 Å². The number of carbonyl (C=O) groups is 2. The van der Waals surface area contributed by atoms with Crippen molar-refractivity contribution in [3.63, 3.8) is 0 Å². The third-order valence-electron chi connectivity index (χ3n) is 5.80. The number of amides is 2. The zero-order chi connectivity index (χ0) is 18.9. The van der Waals surface area contributed by atoms with Crippen LogP contribution in [0.3, 0.4) is 0 Å². The standard InChI is InChI=1S/C20H24N4O3/c25-12-11-23-13-20(7-5-17(23)26)6-2-10-24(14-20)19(27)15-3-1-4-16-18(15)22-9-8-21-16/h1,3-4,8-9,25H,2,5-7,10-14H2/t20-/m0/s1. The van der Waals surface area contributed by atoms with E-state index in [9.17, 15) is 14.7 Å². The summed E-state index contributed by atoms with van der Waals surface area (Å²) in [5.74, 6) is 0.0771. The molecule has 7 nitrogen and oxygen atoms in total. The van der Waals surface area contributed by atoms with E-state index in [0.29, 0.717) is 49.2 Å². The molecule has 1 aromatic heterocycles. The maximum Gasteiger partial charge on any atom is 0.256 e. The summed E-state index contributed by atoms with van der Waals surface area (Å²) in [6.45, 7) is 2.31. The molecule has 1 atom stereocenters. The van der Waals surface area contributed by atoms with Gasteiger partial charge in [0.1, 0.15) is 5.52 Å². The number of nitrogens with zero attached hydrogens (tertiary/aromatic N) is 4. The van der Waals surface area contributed by atoms with Gasteiger partial charge in [-0.15, -0.1) is 0 Å². The second-order valence-corrected chi connectivity index (χ2v) is 7.60. The van der Waals surface area contributed by atoms with Gasteiger partial charge in [0.2, 0.25) is 5.91 Å². The highest BCUT2D eigenvalue weighted by Gasteiger charge is 2.42. The van der Waals surface area contributed by atoms with Crippen LogP contribution in [0.5, 0.6) is 0 Å². The van der Waals surface area contributed by atoms with Crippen molar-refractivity contribution >= 4 is 22.8 Å². The van der Waals surface area contributed by atoms with Crippen molar-refractivity contribution < 1.29 is 14.7 Å². The monoisotopic (exact) mass is 368 g/mol. The number of likely N-dealkylation sites (tertiary alicyclic amines) is 2. The maximum atomic E-state index is 13.2. The van der Waals surface area contributed by atoms with Crippen LogP contribution in [0.25, 0.3) is 11.0 Å². The van der Waals surface area contributed by atoms with Gasteiger partial charge in [0.05, 0.1) is 17.7 Å². The Balaban J connectivity index is 1.57. The quantitative estimate of drug-likeness (QED) is 0.886. The molecule has 0 aliphatic carbocycles. The van der Waals surface area contributed by atoms with Crippen molar-refractivity contribution in [1.82, 2.24) is 19.8 Å². The zero-order valence-electron chi connectivity index (χ0n) is 15.3. The first-order valence-corrected chi connectivity index (χ1v) is 9.50. The minimum absolute atomic E-state index is 0.0224. The minimum Gasteiger partial charge on any atom is -0.395 e. The summed E-state index contributed by atoms with van der Waals surface area (Å²) >= 11 is 0. The number of hydrogen-bond acceptors (Lipinski definition) is 5. The molecule has 2 amide bonds. The van der Waals surface area contributed by atoms with Crippen LogP contribution in [0.15, 0.2) is 30.6 Å². The van der Waals surface area contributed by atoms with Crippen molar-refractivity contribution in [1.29, 1.82) is 0 Å². The summed E-state index contributed by atoms with van der Waals surface area (Å²) in [5.41, 5.74) is 1.85. The lowest BCUT2D eigenvalue weighted by atomic mass is 9.73. The fourth-order valence-electron chi connectivity index (χ4n) is 4.48. The fourth-order valence-corrected chi connectivity index (χ4v) is 4.48. The molecule has 1 spiro atoms. The molecule has 2 aliphatic heterocycles. The minimum atomic E-state index is -0.0761. The van der Waals surface area contributed by atoms with Crippen molar-refractivity contribution in [2.24, 2.45) is 5.41 Å². The molecule has 0 saturated carbocycles. The molecule has 0 radical (unpaired) electrons. The van der Waals surface area contributed by atoms with Crippen LogP contribution in [-0.4, -0.2) is 69.5 Å². The number of para-hydroxylation sites is 1. The lowest BCUT2D eigenvalue weighted by molar-refractivity contribution is -0.139. The molecule has 2 fully saturated rings. The Kier molecular flexibility index (Phi) is 4.78. The van der Waals surface area contributed by atoms with Gasteiger partial charge in [-0.05, 0) is 31.4 Å². The lowest BCUT2D eigenvalue weighted by Gasteiger charge is -2.48. The van der Waals surface area contributed by atoms with Gasteiger partial charge >= 0.3 is 0 Å². The number of aromatic nitrogens is 2. The van der Waals surface area contributed by atoms with E-state index in [1.807, 2.05) is 23.1 Å². The third kappa shape index (κ3) is 3.39. The molecule has 2 aliphatic rings. The number of aliphatic hydroxyl groups is 1. The predicted octanol–water partition coefficient (Wildman–Crippen LogP) is 1.47. The summed E-state index contributed by atoms with van der Waals surface area (Å²) in [6, 6.07) is 5.51. The summed E-state index contributed by atoms with van der Waals surface area (Å²) in [5, 5.41) is 9.24. The Morgan fingerprint density at radius 3 is 2.89 bits per heavy atom. The molecule has 3 heterocycles. The fraction of sp³-hybridized carbons (Fsp3) is 0.500. The highest BCUT2D eigenvalue weighted by atomic mass is 16.3. The zero-order valence-corrected chi connectivity index (χ0v) is 15.3. The molecule has 2 saturated heterocycles. The van der Waals surface area contributed by atoms with E-state index >= 15 is 0 Å². The Morgan fingerprint density at radius 2 is 2.04 bits per heavy atom. The average Bonchev–Trinajstić information content (AvgIpc) is 2.70. The van der Waals surface area contributed by atoms with Gasteiger partial charge in [-0.1, -0.05) is 6.07 Å². The summed E-state index contributed by atoms with van der Waals surface area (Å²) in [7, 11) is 0. The molecule has 1 N–H and O–H groups in total. The number of benzene rings is 1. The molecule has 27 heavy (non-hydrogen) atoms. The van der Waals surface area contributed by atoms with Gasteiger partial charge in [-0.2, -0.15) is 0 Å². The van der Waals surface area contributed by atoms with Crippen molar-refractivity contribution in [2.45, 2.75) is 25.7 Å². The van der Waals surface area contributed by atoms with Crippen LogP contribution < -0.4 is 0 Å². The molecule has 0 bridgehead atoms. The first-order chi connectivity index (χ1) is 13.1. The number of β-amino-alcohol motifs (C(OH)–C–C–N with tert-alkyl or cyclic N) is 1. The molecule has 7 heteroatoms. The topological polar surface area (TPSA) is 86.6 Å². The van der Waals surface area contributed by atoms with Crippen LogP contribution in [0.2, 0.25) is 0 Å². The van der Waals surface area contributed by atoms with E-state index in [2.05, 4.69) is 9.97 Å². The van der Waals surface area contributed by atoms with E-state index in [-0.39, 0.29) is 23.8 Å². The summed E-state index contributed by atoms with van der Waals surface area (Å²) < 4.78 is 0. The average molecular weight is 368 g/mol. The van der Waals surface area contributed by atoms with Crippen LogP contribution >= 0.6 is 0 Å². The first kappa shape index (κ1) is 17.9. The van der Waals surface area contributed by atoms with Crippen molar-refractivity contribution in [3.05, 3.63) is 36.2 Å². The SMILES string of the molecule is O=C1CC[C@@]2(CCCN(C(=O)c3cccc4nccnc34)C2)CN1CCO. The summed E-state index contributed by atoms with van der Waals surface area (Å²) in [6.07, 6.45) is 6.44. The van der Waals surface area contributed by atoms with E-state index in [1.54, 1.807) is 17.3 Å². The number of aliphatic hydroxyl groups excluding tert-OH is 1. The van der Waals surface area contributed by atoms with Crippen LogP contribution in [0.4, 0.5) is 0 Å². The predicted molar refractivity (Wildman–Crippen MR) is 100 cm³/mol. The van der Waals surface area contributed by atoms with Crippen molar-refractivity contribution in [2.75, 3.05) is 32.8 Å². The summed E-state index contributed by atoms with van der Waals surface area (Å²) in [4.78, 5) is 37.7. The second kappa shape index (κ2) is 7.23. The Morgan fingerprint density at radius 1 is 1.19 bits per heavy atom. The molecule has 1 aromatic carbocycles. The Labute approximate surface area is 158 Å². The number of fused-ring (bicyclic) bond motifs is 1. The second-order valence-electron chi connectivity index (χ2n) is 7.60. The molecular weight excluding hydrogens is 344 g/mol. The van der Waals surface area contributed by atoms with Gasteiger partial charge in [-0.25, -0.2) is 0 Å². The van der Waals surface area contributed by atoms with Gasteiger partial charge in [0.15, 0.2) is 0 Å². The van der Waals surface area contributed by atoms with E-state index in [1.165, 1.54) is 0 Å². The molecule has 4 rings (SSSR count). The highest BCUT2D eigenvalue weighted by molar-refractivity contribution is 6.04. The van der Waals surface area contributed by atoms with E-state index in [0.717, 1.165) is 19.3 Å². The van der Waals surface area contributed by atoms with Crippen LogP contribution in [-0.2, 0) is 4.79 Å². The first-order valence-electron chi connectivity index (χ1n) is 9.50. The van der Waals surface area contributed by atoms with Gasteiger partial charge in [0.25, 0.3) is 5.91 Å². The van der Waals surface area contributed by atoms with Crippen molar-refractivity contribution in [3.8, 4) is 0 Å². The lowest BCUT2D eigenvalue weighted by Crippen LogP contribution is -2.55. The van der Waals surface area contributed by atoms with E-state index < -0.39 is 0 Å². The molecule has 0 unspecified atom stereocenters. The number of carbonyl (C=O) groups excluding carboxylic acids is 2. The molecule has 142 valence electrons. The van der Waals surface area contributed by atoms with Crippen LogP contribution in [0, 0.1) is 5.41 Å². The molecular formula is C20H24N4O3. The molecule has 2 aromatic rings. The van der Waals surface area contributed by atoms with Gasteiger partial charge < -0.3 is 14.9 Å². The van der Waals surface area contributed by atoms with E-state index in [4.69, 9.17) is 0 Å². The smallest absolute Gasteiger partial charge is 0.256 e. The normalized spacial score (nSPS) is 23.2. The van der Waals surface area contributed by atoms with Crippen LogP contribution in [0.1, 0.15) is 36.0 Å². The number of hydrogen-bond donors (Lipinski definition) is 1. The largest absolute Gasteiger partial charge is 0.395 e. The Hall–Kier alpha value is -2.54. The van der Waals surface area contributed by atoms with Gasteiger partial charge in [-0.3, -0.25) is 19.6 Å². The highest BCUT2D eigenvalue weighted by Crippen LogP contribution is 2.39. The maximum absolute atomic E-state index is 13.2. The Bertz CT molecular complexity index is 866.